The summed E-state index contributed by atoms with van der Waals surface area (Å²) in [6.45, 7) is 9.22. The van der Waals surface area contributed by atoms with Crippen molar-refractivity contribution in [2.45, 2.75) is 45.1 Å². The summed E-state index contributed by atoms with van der Waals surface area (Å²) in [4.78, 5) is 15.1. The number of fused-ring (bicyclic) bond motifs is 1. The lowest BCUT2D eigenvalue weighted by molar-refractivity contribution is -0.117. The van der Waals surface area contributed by atoms with Crippen LogP contribution in [0.4, 0.5) is 17.1 Å². The van der Waals surface area contributed by atoms with Crippen molar-refractivity contribution in [3.63, 3.8) is 0 Å². The van der Waals surface area contributed by atoms with Crippen LogP contribution < -0.4 is 15.5 Å². The number of nitrogens with one attached hydrogen (secondary N) is 2. The Bertz CT molecular complexity index is 1030. The number of sulfonamides is 1. The van der Waals surface area contributed by atoms with Gasteiger partial charge in [-0.3, -0.25) is 4.79 Å². The maximum Gasteiger partial charge on any atom is 0.246 e. The van der Waals surface area contributed by atoms with E-state index in [0.717, 1.165) is 17.8 Å². The monoisotopic (exact) mass is 444 g/mol. The molecular weight excluding hydrogens is 412 g/mol. The number of amides is 1. The molecule has 1 atom stereocenters. The molecule has 0 saturated heterocycles. The summed E-state index contributed by atoms with van der Waals surface area (Å²) >= 11 is 0. The molecule has 1 amide bonds. The minimum Gasteiger partial charge on any atom is -0.384 e. The normalized spacial score (nSPS) is 15.8. The molecule has 1 aliphatic rings. The molecule has 7 nitrogen and oxygen atoms in total. The first-order chi connectivity index (χ1) is 14.8. The lowest BCUT2D eigenvalue weighted by Gasteiger charge is -2.24. The van der Waals surface area contributed by atoms with E-state index in [4.69, 9.17) is 0 Å². The van der Waals surface area contributed by atoms with Crippen molar-refractivity contribution in [3.8, 4) is 0 Å². The Morgan fingerprint density at radius 2 is 1.77 bits per heavy atom. The van der Waals surface area contributed by atoms with Gasteiger partial charge in [-0.1, -0.05) is 32.0 Å². The van der Waals surface area contributed by atoms with E-state index in [1.807, 2.05) is 50.8 Å². The highest BCUT2D eigenvalue weighted by Gasteiger charge is 2.30. The Hall–Kier alpha value is -2.58. The van der Waals surface area contributed by atoms with Crippen molar-refractivity contribution in [3.05, 3.63) is 48.0 Å². The molecule has 2 N–H and O–H groups in total. The van der Waals surface area contributed by atoms with Gasteiger partial charge in [0.05, 0.1) is 22.8 Å². The summed E-state index contributed by atoms with van der Waals surface area (Å²) in [5.41, 5.74) is 3.49. The van der Waals surface area contributed by atoms with E-state index < -0.39 is 10.0 Å². The minimum absolute atomic E-state index is 0.0445. The predicted molar refractivity (Wildman–Crippen MR) is 126 cm³/mol. The third kappa shape index (κ3) is 4.70. The summed E-state index contributed by atoms with van der Waals surface area (Å²) in [5, 5.41) is 6.41. The molecule has 0 spiro atoms. The molecule has 1 unspecified atom stereocenters. The van der Waals surface area contributed by atoms with Crippen molar-refractivity contribution in [1.82, 2.24) is 4.31 Å². The summed E-state index contributed by atoms with van der Waals surface area (Å²) in [5.74, 6) is -0.0445. The van der Waals surface area contributed by atoms with E-state index in [-0.39, 0.29) is 23.4 Å². The second-order valence-corrected chi connectivity index (χ2v) is 9.56. The first-order valence-corrected chi connectivity index (χ1v) is 12.3. The van der Waals surface area contributed by atoms with Crippen LogP contribution in [0.15, 0.2) is 47.4 Å². The summed E-state index contributed by atoms with van der Waals surface area (Å²) < 4.78 is 27.3. The number of anilines is 3. The highest BCUT2D eigenvalue weighted by molar-refractivity contribution is 7.89. The number of hydrogen-bond acceptors (Lipinski definition) is 5. The molecule has 3 rings (SSSR count). The lowest BCUT2D eigenvalue weighted by Crippen LogP contribution is -2.39. The van der Waals surface area contributed by atoms with Gasteiger partial charge in [-0.15, -0.1) is 0 Å². The molecular formula is C23H32N4O3S. The number of para-hydroxylation sites is 1. The third-order valence-electron chi connectivity index (χ3n) is 5.61. The number of nitrogens with zero attached hydrogens (tertiary/aromatic N) is 2. The van der Waals surface area contributed by atoms with E-state index in [2.05, 4.69) is 16.7 Å². The Kier molecular flexibility index (Phi) is 7.23. The largest absolute Gasteiger partial charge is 0.384 e. The maximum atomic E-state index is 13.1. The van der Waals surface area contributed by atoms with Crippen molar-refractivity contribution < 1.29 is 13.2 Å². The zero-order chi connectivity index (χ0) is 22.6. The quantitative estimate of drug-likeness (QED) is 0.618. The van der Waals surface area contributed by atoms with Crippen LogP contribution in [-0.4, -0.2) is 50.9 Å². The van der Waals surface area contributed by atoms with E-state index >= 15 is 0 Å². The van der Waals surface area contributed by atoms with Gasteiger partial charge in [0, 0.05) is 31.4 Å². The second kappa shape index (κ2) is 9.70. The van der Waals surface area contributed by atoms with Crippen LogP contribution in [0.2, 0.25) is 0 Å². The van der Waals surface area contributed by atoms with E-state index in [1.54, 1.807) is 18.2 Å². The van der Waals surface area contributed by atoms with Crippen LogP contribution in [0, 0.1) is 0 Å². The molecule has 31 heavy (non-hydrogen) atoms. The van der Waals surface area contributed by atoms with Crippen LogP contribution in [-0.2, 0) is 21.2 Å². The average molecular weight is 445 g/mol. The van der Waals surface area contributed by atoms with Crippen molar-refractivity contribution in [2.24, 2.45) is 0 Å². The summed E-state index contributed by atoms with van der Waals surface area (Å²) in [7, 11) is -3.59. The Morgan fingerprint density at radius 3 is 2.45 bits per heavy atom. The smallest absolute Gasteiger partial charge is 0.246 e. The molecule has 0 fully saturated rings. The molecule has 0 bridgehead atoms. The van der Waals surface area contributed by atoms with Gasteiger partial charge in [0.15, 0.2) is 0 Å². The molecule has 1 aliphatic heterocycles. The number of rotatable bonds is 9. The topological polar surface area (TPSA) is 81.8 Å². The zero-order valence-corrected chi connectivity index (χ0v) is 19.5. The average Bonchev–Trinajstić information content (AvgIpc) is 3.09. The maximum absolute atomic E-state index is 13.1. The van der Waals surface area contributed by atoms with Crippen LogP contribution in [0.5, 0.6) is 0 Å². The third-order valence-corrected chi connectivity index (χ3v) is 7.65. The standard InChI is InChI=1S/C23H32N4O3S/c1-5-24-20-13-12-19(31(29,30)26(6-2)7-3)15-21(20)25-16-23(28)27-17(4)14-18-10-8-9-11-22(18)27/h8-13,15,17,24-25H,5-7,14,16H2,1-4H3. The van der Waals surface area contributed by atoms with Crippen molar-refractivity contribution >= 4 is 33.0 Å². The summed E-state index contributed by atoms with van der Waals surface area (Å²) in [6.07, 6.45) is 0.835. The molecule has 0 aliphatic carbocycles. The van der Waals surface area contributed by atoms with Gasteiger partial charge in [0.1, 0.15) is 0 Å². The van der Waals surface area contributed by atoms with Gasteiger partial charge in [0.2, 0.25) is 15.9 Å². The van der Waals surface area contributed by atoms with Gasteiger partial charge in [-0.05, 0) is 50.1 Å². The highest BCUT2D eigenvalue weighted by atomic mass is 32.2. The zero-order valence-electron chi connectivity index (χ0n) is 18.7. The van der Waals surface area contributed by atoms with Gasteiger partial charge in [0.25, 0.3) is 0 Å². The number of carbonyl (C=O) groups excluding carboxylic acids is 1. The predicted octanol–water partition coefficient (Wildman–Crippen LogP) is 3.54. The Labute approximate surface area is 185 Å². The number of benzene rings is 2. The van der Waals surface area contributed by atoms with Gasteiger partial charge in [-0.25, -0.2) is 8.42 Å². The Morgan fingerprint density at radius 1 is 1.06 bits per heavy atom. The molecule has 0 aromatic heterocycles. The van der Waals surface area contributed by atoms with Crippen LogP contribution >= 0.6 is 0 Å². The highest BCUT2D eigenvalue weighted by Crippen LogP contribution is 2.32. The molecule has 0 saturated carbocycles. The molecule has 168 valence electrons. The van der Waals surface area contributed by atoms with E-state index in [0.29, 0.717) is 25.3 Å². The Balaban J connectivity index is 1.84. The fourth-order valence-electron chi connectivity index (χ4n) is 4.09. The van der Waals surface area contributed by atoms with Crippen LogP contribution in [0.25, 0.3) is 0 Å². The fraction of sp³-hybridized carbons (Fsp3) is 0.435. The first kappa shape index (κ1) is 23.1. The lowest BCUT2D eigenvalue weighted by atomic mass is 10.1. The second-order valence-electron chi connectivity index (χ2n) is 7.63. The number of carbonyl (C=O) groups is 1. The molecule has 1 heterocycles. The van der Waals surface area contributed by atoms with Gasteiger partial charge >= 0.3 is 0 Å². The first-order valence-electron chi connectivity index (χ1n) is 10.8. The van der Waals surface area contributed by atoms with Crippen LogP contribution in [0.1, 0.15) is 33.3 Å². The SMILES string of the molecule is CCNc1ccc(S(=O)(=O)N(CC)CC)cc1NCC(=O)N1c2ccccc2CC1C. The molecule has 2 aromatic rings. The molecule has 8 heteroatoms. The van der Waals surface area contributed by atoms with E-state index in [1.165, 1.54) is 9.87 Å². The van der Waals surface area contributed by atoms with Crippen molar-refractivity contribution in [1.29, 1.82) is 0 Å². The fourth-order valence-corrected chi connectivity index (χ4v) is 5.57. The number of hydrogen-bond donors (Lipinski definition) is 2. The minimum atomic E-state index is -3.59. The van der Waals surface area contributed by atoms with Crippen LogP contribution in [0.3, 0.4) is 0 Å². The van der Waals surface area contributed by atoms with Gasteiger partial charge < -0.3 is 15.5 Å². The van der Waals surface area contributed by atoms with E-state index in [9.17, 15) is 13.2 Å². The van der Waals surface area contributed by atoms with Gasteiger partial charge in [-0.2, -0.15) is 4.31 Å². The van der Waals surface area contributed by atoms with Crippen molar-refractivity contribution in [2.75, 3.05) is 41.7 Å². The molecule has 0 radical (unpaired) electrons. The molecule has 2 aromatic carbocycles. The summed E-state index contributed by atoms with van der Waals surface area (Å²) in [6, 6.07) is 13.0.